The van der Waals surface area contributed by atoms with Gasteiger partial charge in [-0.15, -0.1) is 11.3 Å². The molecule has 2 aromatic heterocycles. The van der Waals surface area contributed by atoms with Crippen LogP contribution in [0.5, 0.6) is 0 Å². The average Bonchev–Trinajstić information content (AvgIpc) is 3.35. The second kappa shape index (κ2) is 11.6. The molecular formula is C35H45N3S. The van der Waals surface area contributed by atoms with Gasteiger partial charge in [0, 0.05) is 34.2 Å². The molecule has 0 amide bonds. The van der Waals surface area contributed by atoms with Crippen LogP contribution in [0.2, 0.25) is 0 Å². The first-order chi connectivity index (χ1) is 18.4. The second-order valence-corrected chi connectivity index (χ2v) is 13.0. The summed E-state index contributed by atoms with van der Waals surface area (Å²) in [7, 11) is 2.14. The lowest BCUT2D eigenvalue weighted by molar-refractivity contribution is 0.733. The number of imidazole rings is 1. The normalized spacial score (nSPS) is 12.7. The van der Waals surface area contributed by atoms with Crippen LogP contribution in [-0.4, -0.2) is 9.55 Å². The third-order valence-corrected chi connectivity index (χ3v) is 8.79. The summed E-state index contributed by atoms with van der Waals surface area (Å²) in [6, 6.07) is 11.3. The van der Waals surface area contributed by atoms with E-state index >= 15 is 0 Å². The van der Waals surface area contributed by atoms with Crippen LogP contribution in [0.3, 0.4) is 0 Å². The molecule has 206 valence electrons. The van der Waals surface area contributed by atoms with Gasteiger partial charge in [0.25, 0.3) is 0 Å². The van der Waals surface area contributed by atoms with Crippen molar-refractivity contribution in [2.24, 2.45) is 7.05 Å². The Bertz CT molecular complexity index is 1460. The molecule has 0 fully saturated rings. The standard InChI is InChI=1S/C35H45N3S/c1-12-14-29-25(9)39-26(10)32(29)30-19-38(11)35(36-30)34(31-23(7)17-22(6)18-24(31)8)37-33-27(20(2)3)15-13-16-28(33)21(4)5/h12-21,34,37H,1-11H3/b14-12-. The second-order valence-electron chi connectivity index (χ2n) is 11.6. The summed E-state index contributed by atoms with van der Waals surface area (Å²) in [5.74, 6) is 1.84. The number of allylic oxidation sites excluding steroid dienone is 1. The molecule has 2 aromatic carbocycles. The molecule has 1 N–H and O–H groups in total. The van der Waals surface area contributed by atoms with Crippen molar-refractivity contribution in [3.8, 4) is 11.3 Å². The molecule has 0 bridgehead atoms. The molecule has 0 aliphatic carbocycles. The van der Waals surface area contributed by atoms with E-state index in [0.717, 1.165) is 11.5 Å². The van der Waals surface area contributed by atoms with Gasteiger partial charge < -0.3 is 9.88 Å². The minimum atomic E-state index is -0.0908. The number of nitrogens with zero attached hydrogens (tertiary/aromatic N) is 2. The number of benzene rings is 2. The summed E-state index contributed by atoms with van der Waals surface area (Å²) in [4.78, 5) is 8.04. The van der Waals surface area contributed by atoms with Crippen LogP contribution in [-0.2, 0) is 7.05 Å². The van der Waals surface area contributed by atoms with Crippen molar-refractivity contribution in [3.63, 3.8) is 0 Å². The molecule has 0 spiro atoms. The average molecular weight is 540 g/mol. The summed E-state index contributed by atoms with van der Waals surface area (Å²) in [5, 5.41) is 4.08. The van der Waals surface area contributed by atoms with Crippen molar-refractivity contribution in [1.29, 1.82) is 0 Å². The van der Waals surface area contributed by atoms with Crippen molar-refractivity contribution < 1.29 is 0 Å². The van der Waals surface area contributed by atoms with E-state index in [-0.39, 0.29) is 6.04 Å². The first kappa shape index (κ1) is 28.9. The number of nitrogens with one attached hydrogen (secondary N) is 1. The first-order valence-electron chi connectivity index (χ1n) is 14.2. The molecule has 2 heterocycles. The minimum absolute atomic E-state index is 0.0908. The van der Waals surface area contributed by atoms with Crippen molar-refractivity contribution in [3.05, 3.63) is 97.1 Å². The molecular weight excluding hydrogens is 494 g/mol. The fourth-order valence-corrected chi connectivity index (χ4v) is 7.09. The van der Waals surface area contributed by atoms with Crippen LogP contribution < -0.4 is 5.32 Å². The lowest BCUT2D eigenvalue weighted by atomic mass is 9.89. The van der Waals surface area contributed by atoms with E-state index in [4.69, 9.17) is 4.98 Å². The molecule has 1 atom stereocenters. The van der Waals surface area contributed by atoms with Crippen LogP contribution in [0.4, 0.5) is 5.69 Å². The number of aromatic nitrogens is 2. The Hall–Kier alpha value is -3.11. The van der Waals surface area contributed by atoms with Crippen LogP contribution >= 0.6 is 11.3 Å². The third kappa shape index (κ3) is 5.63. The molecule has 0 saturated heterocycles. The molecule has 3 nitrogen and oxygen atoms in total. The maximum Gasteiger partial charge on any atom is 0.136 e. The predicted octanol–water partition coefficient (Wildman–Crippen LogP) is 10.2. The number of rotatable bonds is 8. The topological polar surface area (TPSA) is 29.9 Å². The zero-order valence-electron chi connectivity index (χ0n) is 25.7. The van der Waals surface area contributed by atoms with Crippen molar-refractivity contribution in [2.75, 3.05) is 5.32 Å². The number of thiophene rings is 1. The molecule has 4 rings (SSSR count). The highest BCUT2D eigenvalue weighted by molar-refractivity contribution is 7.12. The first-order valence-corrected chi connectivity index (χ1v) is 15.0. The van der Waals surface area contributed by atoms with E-state index in [2.05, 4.69) is 135 Å². The number of anilines is 1. The predicted molar refractivity (Wildman–Crippen MR) is 171 cm³/mol. The highest BCUT2D eigenvalue weighted by Gasteiger charge is 2.27. The Labute approximate surface area is 240 Å². The van der Waals surface area contributed by atoms with Crippen LogP contribution in [0.25, 0.3) is 17.3 Å². The molecule has 4 heteroatoms. The number of aryl methyl sites for hydroxylation is 6. The van der Waals surface area contributed by atoms with Gasteiger partial charge in [-0.1, -0.05) is 75.7 Å². The maximum absolute atomic E-state index is 5.40. The Morgan fingerprint density at radius 1 is 0.897 bits per heavy atom. The van der Waals surface area contributed by atoms with Crippen molar-refractivity contribution in [2.45, 2.75) is 87.1 Å². The Balaban J connectivity index is 1.98. The Morgan fingerprint density at radius 3 is 2.03 bits per heavy atom. The van der Waals surface area contributed by atoms with Crippen LogP contribution in [0.15, 0.2) is 42.6 Å². The molecule has 0 saturated carbocycles. The zero-order chi connectivity index (χ0) is 28.6. The smallest absolute Gasteiger partial charge is 0.136 e. The largest absolute Gasteiger partial charge is 0.371 e. The third-order valence-electron chi connectivity index (χ3n) is 7.76. The Morgan fingerprint density at radius 2 is 1.49 bits per heavy atom. The summed E-state index contributed by atoms with van der Waals surface area (Å²) >= 11 is 1.85. The highest BCUT2D eigenvalue weighted by Crippen LogP contribution is 2.41. The fourth-order valence-electron chi connectivity index (χ4n) is 6.03. The van der Waals surface area contributed by atoms with Gasteiger partial charge in [0.05, 0.1) is 5.69 Å². The van der Waals surface area contributed by atoms with E-state index < -0.39 is 0 Å². The summed E-state index contributed by atoms with van der Waals surface area (Å²) in [6.07, 6.45) is 6.56. The molecule has 4 aromatic rings. The Kier molecular flexibility index (Phi) is 8.56. The van der Waals surface area contributed by atoms with E-state index in [1.165, 1.54) is 59.9 Å². The van der Waals surface area contributed by atoms with Crippen molar-refractivity contribution >= 4 is 23.1 Å². The highest BCUT2D eigenvalue weighted by atomic mass is 32.1. The summed E-state index contributed by atoms with van der Waals surface area (Å²) < 4.78 is 2.23. The lowest BCUT2D eigenvalue weighted by Crippen LogP contribution is -2.21. The molecule has 0 radical (unpaired) electrons. The quantitative estimate of drug-likeness (QED) is 0.241. The van der Waals surface area contributed by atoms with E-state index in [1.807, 2.05) is 11.3 Å². The van der Waals surface area contributed by atoms with Gasteiger partial charge in [-0.05, 0) is 86.8 Å². The molecule has 1 unspecified atom stereocenters. The number of para-hydroxylation sites is 1. The maximum atomic E-state index is 5.40. The van der Waals surface area contributed by atoms with Gasteiger partial charge in [0.2, 0.25) is 0 Å². The fraction of sp³-hybridized carbons (Fsp3) is 0.400. The van der Waals surface area contributed by atoms with Gasteiger partial charge in [0.15, 0.2) is 0 Å². The molecule has 0 aliphatic rings. The summed E-state index contributed by atoms with van der Waals surface area (Å²) in [5.41, 5.74) is 12.7. The van der Waals surface area contributed by atoms with Crippen LogP contribution in [0, 0.1) is 34.6 Å². The van der Waals surface area contributed by atoms with Crippen LogP contribution in [0.1, 0.15) is 107 Å². The van der Waals surface area contributed by atoms with E-state index in [1.54, 1.807) is 0 Å². The van der Waals surface area contributed by atoms with Gasteiger partial charge in [-0.25, -0.2) is 4.98 Å². The number of hydrogen-bond donors (Lipinski definition) is 1. The van der Waals surface area contributed by atoms with Gasteiger partial charge >= 0.3 is 0 Å². The molecule has 39 heavy (non-hydrogen) atoms. The summed E-state index contributed by atoms with van der Waals surface area (Å²) in [6.45, 7) is 22.3. The monoisotopic (exact) mass is 539 g/mol. The van der Waals surface area contributed by atoms with E-state index in [9.17, 15) is 0 Å². The van der Waals surface area contributed by atoms with Gasteiger partial charge in [0.1, 0.15) is 11.9 Å². The lowest BCUT2D eigenvalue weighted by Gasteiger charge is -2.28. The van der Waals surface area contributed by atoms with Gasteiger partial charge in [-0.3, -0.25) is 0 Å². The SMILES string of the molecule is C/C=C\c1c(C)sc(C)c1-c1cn(C)c(C(Nc2c(C(C)C)cccc2C(C)C)c2c(C)cc(C)cc2C)n1. The van der Waals surface area contributed by atoms with Crippen molar-refractivity contribution in [1.82, 2.24) is 9.55 Å². The van der Waals surface area contributed by atoms with E-state index in [0.29, 0.717) is 11.8 Å². The zero-order valence-corrected chi connectivity index (χ0v) is 26.5. The number of hydrogen-bond acceptors (Lipinski definition) is 3. The minimum Gasteiger partial charge on any atom is -0.371 e. The van der Waals surface area contributed by atoms with Gasteiger partial charge in [-0.2, -0.15) is 0 Å². The molecule has 0 aliphatic heterocycles.